The van der Waals surface area contributed by atoms with Gasteiger partial charge in [-0.2, -0.15) is 24.9 Å². The van der Waals surface area contributed by atoms with Crippen LogP contribution in [0.2, 0.25) is 15.1 Å². The fourth-order valence-electron chi connectivity index (χ4n) is 3.29. The molecule has 0 aliphatic rings. The molecule has 2 aromatic rings. The molecule has 0 heterocycles. The average Bonchev–Trinajstić information content (AvgIpc) is 2.76. The smallest absolute Gasteiger partial charge is 0.349 e. The van der Waals surface area contributed by atoms with Crippen molar-refractivity contribution >= 4 is 58.5 Å². The van der Waals surface area contributed by atoms with Crippen molar-refractivity contribution in [3.63, 3.8) is 0 Å². The van der Waals surface area contributed by atoms with Gasteiger partial charge in [0.05, 0.1) is 38.8 Å². The van der Waals surface area contributed by atoms with Gasteiger partial charge in [-0.05, 0) is 42.3 Å². The highest BCUT2D eigenvalue weighted by Gasteiger charge is 2.36. The van der Waals surface area contributed by atoms with Crippen molar-refractivity contribution in [2.45, 2.75) is 37.9 Å². The van der Waals surface area contributed by atoms with Gasteiger partial charge in [-0.25, -0.2) is 8.78 Å². The van der Waals surface area contributed by atoms with Gasteiger partial charge < -0.3 is 5.32 Å². The molecule has 2 atom stereocenters. The van der Waals surface area contributed by atoms with Crippen LogP contribution in [0.4, 0.5) is 26.3 Å². The van der Waals surface area contributed by atoms with Crippen LogP contribution in [-0.2, 0) is 6.18 Å². The van der Waals surface area contributed by atoms with Crippen molar-refractivity contribution in [3.8, 4) is 0 Å². The molecule has 0 bridgehead atoms. The lowest BCUT2D eigenvalue weighted by Crippen LogP contribution is -2.35. The van der Waals surface area contributed by atoms with Gasteiger partial charge in [0, 0.05) is 24.5 Å². The van der Waals surface area contributed by atoms with Crippen LogP contribution in [0.15, 0.2) is 36.4 Å². The van der Waals surface area contributed by atoms with E-state index < -0.39 is 47.8 Å². The number of amides is 1. The van der Waals surface area contributed by atoms with Gasteiger partial charge in [0.2, 0.25) is 0 Å². The molecule has 0 aliphatic carbocycles. The molecule has 2 nitrogen and oxygen atoms in total. The van der Waals surface area contributed by atoms with Crippen molar-refractivity contribution in [3.05, 3.63) is 73.7 Å². The number of nitrogens with one attached hydrogen (secondary N) is 1. The second-order valence-electron chi connectivity index (χ2n) is 8.03. The molecule has 0 fully saturated rings. The maximum atomic E-state index is 14.4. The predicted molar refractivity (Wildman–Crippen MR) is 136 cm³/mol. The van der Waals surface area contributed by atoms with E-state index in [4.69, 9.17) is 34.8 Å². The highest BCUT2D eigenvalue weighted by atomic mass is 35.5. The highest BCUT2D eigenvalue weighted by Crippen LogP contribution is 2.40. The van der Waals surface area contributed by atoms with Gasteiger partial charge >= 0.3 is 6.18 Å². The van der Waals surface area contributed by atoms with Crippen molar-refractivity contribution in [1.82, 2.24) is 5.32 Å². The van der Waals surface area contributed by atoms with Crippen molar-refractivity contribution in [2.75, 3.05) is 18.2 Å². The van der Waals surface area contributed by atoms with Gasteiger partial charge in [-0.3, -0.25) is 9.18 Å². The first-order valence-corrected chi connectivity index (χ1v) is 12.8. The van der Waals surface area contributed by atoms with Crippen LogP contribution in [0.1, 0.15) is 46.8 Å². The summed E-state index contributed by atoms with van der Waals surface area (Å²) in [5.41, 5.74) is -1.87. The molecule has 0 saturated heterocycles. The zero-order valence-electron chi connectivity index (χ0n) is 19.0. The number of hydrogen-bond donors (Lipinski definition) is 1. The normalized spacial score (nSPS) is 14.2. The third kappa shape index (κ3) is 8.50. The van der Waals surface area contributed by atoms with Gasteiger partial charge in [0.15, 0.2) is 0 Å². The molecule has 1 amide bonds. The summed E-state index contributed by atoms with van der Waals surface area (Å²) in [4.78, 5) is 12.5. The van der Waals surface area contributed by atoms with Crippen molar-refractivity contribution in [2.24, 2.45) is 0 Å². The molecule has 0 aliphatic heterocycles. The van der Waals surface area contributed by atoms with Gasteiger partial charge in [0.25, 0.3) is 11.8 Å². The third-order valence-corrected chi connectivity index (χ3v) is 7.33. The number of carbonyl (C=O) groups is 1. The molecule has 0 spiro atoms. The van der Waals surface area contributed by atoms with Crippen LogP contribution in [0.5, 0.6) is 0 Å². The summed E-state index contributed by atoms with van der Waals surface area (Å²) < 4.78 is 82.2. The Hall–Kier alpha value is -1.55. The van der Waals surface area contributed by atoms with E-state index in [1.54, 1.807) is 6.92 Å². The minimum Gasteiger partial charge on any atom is -0.349 e. The van der Waals surface area contributed by atoms with Crippen LogP contribution in [0.25, 0.3) is 6.08 Å². The number of alkyl halides is 6. The Bertz CT molecular complexity index is 1080. The zero-order valence-corrected chi connectivity index (χ0v) is 22.1. The number of rotatable bonds is 10. The zero-order chi connectivity index (χ0) is 27.3. The summed E-state index contributed by atoms with van der Waals surface area (Å²) in [5.74, 6) is -5.32. The molecule has 0 radical (unpaired) electrons. The van der Waals surface area contributed by atoms with E-state index in [9.17, 15) is 31.1 Å². The molecular formula is C24H22Cl3F6NOS. The van der Waals surface area contributed by atoms with Crippen LogP contribution in [0, 0.1) is 0 Å². The van der Waals surface area contributed by atoms with Crippen molar-refractivity contribution < 1.29 is 31.1 Å². The Balaban J connectivity index is 2.38. The van der Waals surface area contributed by atoms with Crippen LogP contribution in [0.3, 0.4) is 0 Å². The first-order valence-electron chi connectivity index (χ1n) is 10.5. The topological polar surface area (TPSA) is 29.1 Å². The number of allylic oxidation sites excluding steroid dienone is 1. The van der Waals surface area contributed by atoms with Crippen LogP contribution >= 0.6 is 46.6 Å². The minimum absolute atomic E-state index is 0.0109. The maximum absolute atomic E-state index is 14.4. The second-order valence-corrected chi connectivity index (χ2v) is 10.4. The average molecular weight is 593 g/mol. The molecule has 36 heavy (non-hydrogen) atoms. The van der Waals surface area contributed by atoms with E-state index in [2.05, 4.69) is 5.32 Å². The summed E-state index contributed by atoms with van der Waals surface area (Å²) in [5, 5.41) is 2.35. The Morgan fingerprint density at radius 2 is 1.69 bits per heavy atom. The molecule has 2 aromatic carbocycles. The van der Waals surface area contributed by atoms with E-state index >= 15 is 0 Å². The number of thioether (sulfide) groups is 1. The molecule has 0 saturated carbocycles. The largest absolute Gasteiger partial charge is 0.417 e. The quantitative estimate of drug-likeness (QED) is 0.170. The minimum atomic E-state index is -4.88. The first-order chi connectivity index (χ1) is 16.6. The molecule has 12 heteroatoms. The van der Waals surface area contributed by atoms with Gasteiger partial charge in [0.1, 0.15) is 0 Å². The maximum Gasteiger partial charge on any atom is 0.417 e. The monoisotopic (exact) mass is 591 g/mol. The van der Waals surface area contributed by atoms with Crippen LogP contribution < -0.4 is 5.32 Å². The second kappa shape index (κ2) is 12.8. The van der Waals surface area contributed by atoms with Crippen LogP contribution in [-0.4, -0.2) is 36.1 Å². The molecule has 2 unspecified atom stereocenters. The van der Waals surface area contributed by atoms with Crippen molar-refractivity contribution in [1.29, 1.82) is 0 Å². The van der Waals surface area contributed by atoms with E-state index in [-0.39, 0.29) is 31.9 Å². The lowest BCUT2D eigenvalue weighted by atomic mass is 9.92. The number of carbonyl (C=O) groups excluding carboxylic acids is 1. The van der Waals surface area contributed by atoms with E-state index in [1.165, 1.54) is 30.0 Å². The summed E-state index contributed by atoms with van der Waals surface area (Å²) >= 11 is 19.0. The van der Waals surface area contributed by atoms with Gasteiger partial charge in [-0.1, -0.05) is 53.0 Å². The molecule has 0 aromatic heterocycles. The Labute approximate surface area is 224 Å². The molecule has 1 N–H and O–H groups in total. The Kier molecular flexibility index (Phi) is 10.9. The molecule has 2 rings (SSSR count). The summed E-state index contributed by atoms with van der Waals surface area (Å²) in [7, 11) is 0. The van der Waals surface area contributed by atoms with E-state index in [0.29, 0.717) is 18.7 Å². The first kappa shape index (κ1) is 30.7. The predicted octanol–water partition coefficient (Wildman–Crippen LogP) is 8.94. The Morgan fingerprint density at radius 1 is 1.08 bits per heavy atom. The molecule has 198 valence electrons. The lowest BCUT2D eigenvalue weighted by molar-refractivity contribution is -0.138. The van der Waals surface area contributed by atoms with E-state index in [0.717, 1.165) is 18.2 Å². The number of benzene rings is 2. The summed E-state index contributed by atoms with van der Waals surface area (Å²) in [6.07, 6.45) is -2.74. The fourth-order valence-corrected chi connectivity index (χ4v) is 4.62. The third-order valence-electron chi connectivity index (χ3n) is 4.95. The fraction of sp³-hybridized carbons (Fsp3) is 0.375. The Morgan fingerprint density at radius 3 is 2.22 bits per heavy atom. The number of halogens is 9. The number of hydrogen-bond acceptors (Lipinski definition) is 2. The lowest BCUT2D eigenvalue weighted by Gasteiger charge is -2.22. The molecular weight excluding hydrogens is 571 g/mol. The summed E-state index contributed by atoms with van der Waals surface area (Å²) in [6, 6.07) is 4.83. The highest BCUT2D eigenvalue weighted by molar-refractivity contribution is 7.99. The summed E-state index contributed by atoms with van der Waals surface area (Å²) in [6.45, 7) is 1.69. The standard InChI is InChI=1S/C24H22Cl3F6NOS/c1-13(12-36-8-7-28)34-22(35)16-5-3-14(9-18(16)24(31,32)33)4-6-17(23(2,29)30)15-10-19(25)21(27)20(26)11-15/h3-6,9-11,13,17H,7-8,12H2,1-2H3,(H,34,35)/b6-4+. The SMILES string of the molecule is CC(CSCCF)NC(=O)c1ccc(/C=C/C(c2cc(Cl)c(Cl)c(Cl)c2)C(C)(F)F)cc1C(F)(F)F. The van der Waals surface area contributed by atoms with Gasteiger partial charge in [-0.15, -0.1) is 0 Å². The van der Waals surface area contributed by atoms with E-state index in [1.807, 2.05) is 0 Å².